The Labute approximate surface area is 203 Å². The number of anilines is 1. The van der Waals surface area contributed by atoms with Gasteiger partial charge in [-0.05, 0) is 80.5 Å². The van der Waals surface area contributed by atoms with Gasteiger partial charge < -0.3 is 15.1 Å². The lowest BCUT2D eigenvalue weighted by atomic mass is 9.53. The number of thioether (sulfide) groups is 1. The number of hydrogen-bond donors (Lipinski definition) is 2. The third-order valence-electron chi connectivity index (χ3n) is 7.69. The number of oxazole rings is 1. The summed E-state index contributed by atoms with van der Waals surface area (Å²) >= 11 is 1.43. The number of carbonyl (C=O) groups is 2. The molecule has 34 heavy (non-hydrogen) atoms. The largest absolute Gasteiger partial charge is 0.441 e. The first-order chi connectivity index (χ1) is 16.4. The van der Waals surface area contributed by atoms with Gasteiger partial charge in [0.25, 0.3) is 5.91 Å². The molecular weight excluding hydrogens is 446 g/mol. The molecular formula is C27H29N3O3S. The number of aryl methyl sites for hydroxylation is 1. The molecule has 0 atom stereocenters. The standard InChI is InChI=1S/C27H29N3O3S/c1-16-28-22-7-6-20(11-23(22)33-16)29-26(32)21-4-2-3-5-24(21)34-15-25(31)30-27-12-17-8-18(13-27)10-19(9-17)14-27/h2-7,11,17-19H,8-10,12-15H2,1H3,(H,29,32)(H,30,31). The first-order valence-electron chi connectivity index (χ1n) is 12.2. The van der Waals surface area contributed by atoms with Crippen LogP contribution in [0.3, 0.4) is 0 Å². The van der Waals surface area contributed by atoms with Crippen LogP contribution in [0.1, 0.15) is 54.8 Å². The summed E-state index contributed by atoms with van der Waals surface area (Å²) in [5.41, 5.74) is 2.62. The number of benzene rings is 2. The molecule has 4 saturated carbocycles. The molecule has 0 unspecified atom stereocenters. The molecule has 4 aliphatic carbocycles. The maximum absolute atomic E-state index is 13.0. The smallest absolute Gasteiger partial charge is 0.256 e. The molecule has 4 fully saturated rings. The lowest BCUT2D eigenvalue weighted by Crippen LogP contribution is -2.60. The molecule has 7 heteroatoms. The Bertz CT molecular complexity index is 1230. The van der Waals surface area contributed by atoms with Crippen molar-refractivity contribution in [2.24, 2.45) is 17.8 Å². The number of rotatable bonds is 6. The monoisotopic (exact) mass is 475 g/mol. The van der Waals surface area contributed by atoms with E-state index in [-0.39, 0.29) is 17.4 Å². The van der Waals surface area contributed by atoms with Crippen molar-refractivity contribution >= 4 is 40.4 Å². The summed E-state index contributed by atoms with van der Waals surface area (Å²) in [4.78, 5) is 31.1. The van der Waals surface area contributed by atoms with E-state index in [0.29, 0.717) is 28.5 Å². The van der Waals surface area contributed by atoms with E-state index in [2.05, 4.69) is 15.6 Å². The number of aromatic nitrogens is 1. The summed E-state index contributed by atoms with van der Waals surface area (Å²) in [6.45, 7) is 1.80. The van der Waals surface area contributed by atoms with Crippen LogP contribution in [0, 0.1) is 24.7 Å². The Morgan fingerprint density at radius 2 is 1.76 bits per heavy atom. The van der Waals surface area contributed by atoms with Gasteiger partial charge in [-0.2, -0.15) is 0 Å². The Kier molecular flexibility index (Phi) is 5.40. The minimum atomic E-state index is -0.208. The summed E-state index contributed by atoms with van der Waals surface area (Å²) in [5, 5.41) is 6.38. The van der Waals surface area contributed by atoms with Crippen LogP contribution >= 0.6 is 11.8 Å². The van der Waals surface area contributed by atoms with Crippen LogP contribution in [0.15, 0.2) is 51.8 Å². The van der Waals surface area contributed by atoms with E-state index in [1.54, 1.807) is 19.1 Å². The van der Waals surface area contributed by atoms with Crippen LogP contribution in [0.4, 0.5) is 5.69 Å². The molecule has 3 aromatic rings. The summed E-state index contributed by atoms with van der Waals surface area (Å²) < 4.78 is 5.57. The van der Waals surface area contributed by atoms with Crippen molar-refractivity contribution in [1.82, 2.24) is 10.3 Å². The van der Waals surface area contributed by atoms with E-state index in [0.717, 1.165) is 47.4 Å². The van der Waals surface area contributed by atoms with E-state index < -0.39 is 0 Å². The molecule has 4 bridgehead atoms. The van der Waals surface area contributed by atoms with Crippen LogP contribution in [-0.4, -0.2) is 28.1 Å². The van der Waals surface area contributed by atoms with Gasteiger partial charge in [-0.25, -0.2) is 4.98 Å². The molecule has 176 valence electrons. The second-order valence-electron chi connectivity index (χ2n) is 10.4. The summed E-state index contributed by atoms with van der Waals surface area (Å²) in [5.74, 6) is 3.16. The first kappa shape index (κ1) is 21.7. The van der Waals surface area contributed by atoms with E-state index in [9.17, 15) is 9.59 Å². The second kappa shape index (κ2) is 8.45. The maximum Gasteiger partial charge on any atom is 0.256 e. The zero-order valence-corrected chi connectivity index (χ0v) is 20.1. The molecule has 7 rings (SSSR count). The SMILES string of the molecule is Cc1nc2ccc(NC(=O)c3ccccc3SCC(=O)NC34CC5CC(CC(C5)C3)C4)cc2o1. The Hall–Kier alpha value is -2.80. The van der Waals surface area contributed by atoms with Crippen molar-refractivity contribution in [2.75, 3.05) is 11.1 Å². The molecule has 0 saturated heterocycles. The molecule has 0 aliphatic heterocycles. The van der Waals surface area contributed by atoms with Crippen LogP contribution in [0.2, 0.25) is 0 Å². The highest BCUT2D eigenvalue weighted by atomic mass is 32.2. The zero-order chi connectivity index (χ0) is 23.3. The molecule has 6 nitrogen and oxygen atoms in total. The molecule has 2 amide bonds. The van der Waals surface area contributed by atoms with Gasteiger partial charge in [-0.15, -0.1) is 11.8 Å². The van der Waals surface area contributed by atoms with Crippen LogP contribution in [0.5, 0.6) is 0 Å². The average molecular weight is 476 g/mol. The zero-order valence-electron chi connectivity index (χ0n) is 19.3. The fourth-order valence-electron chi connectivity index (χ4n) is 6.83. The number of amides is 2. The molecule has 0 spiro atoms. The van der Waals surface area contributed by atoms with Crippen LogP contribution in [-0.2, 0) is 4.79 Å². The van der Waals surface area contributed by atoms with Gasteiger partial charge in [0.15, 0.2) is 11.5 Å². The van der Waals surface area contributed by atoms with Crippen molar-refractivity contribution in [2.45, 2.75) is 55.9 Å². The Morgan fingerprint density at radius 3 is 2.50 bits per heavy atom. The highest BCUT2D eigenvalue weighted by Crippen LogP contribution is 2.55. The quantitative estimate of drug-likeness (QED) is 0.456. The normalized spacial score (nSPS) is 27.1. The molecule has 0 radical (unpaired) electrons. The minimum Gasteiger partial charge on any atom is -0.441 e. The van der Waals surface area contributed by atoms with Crippen molar-refractivity contribution in [3.05, 3.63) is 53.9 Å². The molecule has 1 aromatic heterocycles. The summed E-state index contributed by atoms with van der Waals surface area (Å²) in [6.07, 6.45) is 7.50. The van der Waals surface area contributed by atoms with Gasteiger partial charge in [0.05, 0.1) is 11.3 Å². The lowest BCUT2D eigenvalue weighted by Gasteiger charge is -2.56. The lowest BCUT2D eigenvalue weighted by molar-refractivity contribution is -0.124. The second-order valence-corrected chi connectivity index (χ2v) is 11.4. The molecule has 4 aliphatic rings. The third-order valence-corrected chi connectivity index (χ3v) is 8.76. The van der Waals surface area contributed by atoms with Gasteiger partial charge in [0.2, 0.25) is 5.91 Å². The number of nitrogens with zero attached hydrogens (tertiary/aromatic N) is 1. The third kappa shape index (κ3) is 4.22. The summed E-state index contributed by atoms with van der Waals surface area (Å²) in [6, 6.07) is 12.9. The molecule has 1 heterocycles. The Balaban J connectivity index is 1.11. The summed E-state index contributed by atoms with van der Waals surface area (Å²) in [7, 11) is 0. The first-order valence-corrected chi connectivity index (χ1v) is 13.1. The Morgan fingerprint density at radius 1 is 1.06 bits per heavy atom. The minimum absolute atomic E-state index is 0.0149. The number of nitrogens with one attached hydrogen (secondary N) is 2. The van der Waals surface area contributed by atoms with E-state index in [1.807, 2.05) is 30.3 Å². The predicted molar refractivity (Wildman–Crippen MR) is 133 cm³/mol. The van der Waals surface area contributed by atoms with Crippen LogP contribution in [0.25, 0.3) is 11.1 Å². The van der Waals surface area contributed by atoms with Gasteiger partial charge in [-0.1, -0.05) is 12.1 Å². The fraction of sp³-hybridized carbons (Fsp3) is 0.444. The molecule has 2 aromatic carbocycles. The average Bonchev–Trinajstić information content (AvgIpc) is 3.16. The maximum atomic E-state index is 13.0. The van der Waals surface area contributed by atoms with E-state index in [4.69, 9.17) is 4.42 Å². The van der Waals surface area contributed by atoms with Crippen molar-refractivity contribution in [3.8, 4) is 0 Å². The van der Waals surface area contributed by atoms with Crippen molar-refractivity contribution in [3.63, 3.8) is 0 Å². The van der Waals surface area contributed by atoms with Gasteiger partial charge in [0.1, 0.15) is 5.52 Å². The highest BCUT2D eigenvalue weighted by molar-refractivity contribution is 8.00. The number of carbonyl (C=O) groups excluding carboxylic acids is 2. The highest BCUT2D eigenvalue weighted by Gasteiger charge is 2.51. The van der Waals surface area contributed by atoms with Gasteiger partial charge in [-0.3, -0.25) is 9.59 Å². The number of fused-ring (bicyclic) bond motifs is 1. The van der Waals surface area contributed by atoms with Crippen molar-refractivity contribution < 1.29 is 14.0 Å². The topological polar surface area (TPSA) is 84.2 Å². The fourth-order valence-corrected chi connectivity index (χ4v) is 7.68. The van der Waals surface area contributed by atoms with Crippen molar-refractivity contribution in [1.29, 1.82) is 0 Å². The van der Waals surface area contributed by atoms with E-state index in [1.165, 1.54) is 31.0 Å². The molecule has 2 N–H and O–H groups in total. The van der Waals surface area contributed by atoms with E-state index >= 15 is 0 Å². The van der Waals surface area contributed by atoms with Gasteiger partial charge >= 0.3 is 0 Å². The number of hydrogen-bond acceptors (Lipinski definition) is 5. The predicted octanol–water partition coefficient (Wildman–Crippen LogP) is 5.57. The van der Waals surface area contributed by atoms with Crippen LogP contribution < -0.4 is 10.6 Å². The van der Waals surface area contributed by atoms with Gasteiger partial charge in [0, 0.05) is 29.1 Å².